The number of hydrogen-bond donors (Lipinski definition) is 3. The van der Waals surface area contributed by atoms with Crippen LogP contribution in [-0.4, -0.2) is 28.8 Å². The Kier molecular flexibility index (Phi) is 4.20. The first-order chi connectivity index (χ1) is 8.66. The molecule has 0 heterocycles. The van der Waals surface area contributed by atoms with Crippen molar-refractivity contribution < 1.29 is 15.0 Å². The number of phenols is 1. The van der Waals surface area contributed by atoms with Gasteiger partial charge in [-0.25, -0.2) is 0 Å². The fourth-order valence-electron chi connectivity index (χ4n) is 2.40. The zero-order valence-corrected chi connectivity index (χ0v) is 10.3. The molecule has 0 aromatic heterocycles. The fourth-order valence-corrected chi connectivity index (χ4v) is 2.40. The number of rotatable bonds is 3. The molecule has 0 aliphatic heterocycles. The molecule has 0 spiro atoms. The van der Waals surface area contributed by atoms with Gasteiger partial charge >= 0.3 is 0 Å². The van der Waals surface area contributed by atoms with Gasteiger partial charge in [0.05, 0.1) is 6.10 Å². The van der Waals surface area contributed by atoms with Crippen LogP contribution in [0.4, 0.5) is 0 Å². The average molecular weight is 249 g/mol. The van der Waals surface area contributed by atoms with Crippen molar-refractivity contribution in [1.29, 1.82) is 0 Å². The van der Waals surface area contributed by atoms with Gasteiger partial charge < -0.3 is 15.5 Å². The van der Waals surface area contributed by atoms with Crippen LogP contribution in [0.3, 0.4) is 0 Å². The number of phenolic OH excluding ortho intramolecular Hbond substituents is 1. The molecule has 1 aliphatic carbocycles. The van der Waals surface area contributed by atoms with Crippen LogP contribution in [-0.2, 0) is 0 Å². The molecule has 1 amide bonds. The minimum atomic E-state index is -0.303. The molecule has 0 bridgehead atoms. The molecule has 0 radical (unpaired) electrons. The fraction of sp³-hybridized carbons (Fsp3) is 0.500. The van der Waals surface area contributed by atoms with E-state index in [1.807, 2.05) is 0 Å². The van der Waals surface area contributed by atoms with Crippen molar-refractivity contribution in [2.75, 3.05) is 6.54 Å². The Morgan fingerprint density at radius 1 is 1.33 bits per heavy atom. The lowest BCUT2D eigenvalue weighted by Crippen LogP contribution is -2.36. The highest BCUT2D eigenvalue weighted by atomic mass is 16.3. The van der Waals surface area contributed by atoms with Crippen molar-refractivity contribution in [3.05, 3.63) is 29.8 Å². The van der Waals surface area contributed by atoms with E-state index in [9.17, 15) is 15.0 Å². The molecule has 4 heteroatoms. The highest BCUT2D eigenvalue weighted by molar-refractivity contribution is 5.94. The van der Waals surface area contributed by atoms with E-state index in [4.69, 9.17) is 0 Å². The van der Waals surface area contributed by atoms with Gasteiger partial charge in [0.25, 0.3) is 5.91 Å². The van der Waals surface area contributed by atoms with Crippen molar-refractivity contribution in [1.82, 2.24) is 5.32 Å². The first-order valence-electron chi connectivity index (χ1n) is 6.42. The third-order valence-corrected chi connectivity index (χ3v) is 3.50. The summed E-state index contributed by atoms with van der Waals surface area (Å²) in [6, 6.07) is 6.26. The van der Waals surface area contributed by atoms with Gasteiger partial charge in [-0.15, -0.1) is 0 Å². The highest BCUT2D eigenvalue weighted by Crippen LogP contribution is 2.23. The SMILES string of the molecule is O=C(NCC1CCCCC1O)c1cccc(O)c1. The lowest BCUT2D eigenvalue weighted by Gasteiger charge is -2.27. The molecule has 2 atom stereocenters. The Morgan fingerprint density at radius 2 is 2.11 bits per heavy atom. The molecule has 2 unspecified atom stereocenters. The summed E-state index contributed by atoms with van der Waals surface area (Å²) >= 11 is 0. The van der Waals surface area contributed by atoms with E-state index in [1.54, 1.807) is 12.1 Å². The third kappa shape index (κ3) is 3.23. The second-order valence-corrected chi connectivity index (χ2v) is 4.87. The number of benzene rings is 1. The highest BCUT2D eigenvalue weighted by Gasteiger charge is 2.23. The second kappa shape index (κ2) is 5.87. The molecule has 1 fully saturated rings. The maximum absolute atomic E-state index is 11.8. The number of carbonyl (C=O) groups is 1. The summed E-state index contributed by atoms with van der Waals surface area (Å²) < 4.78 is 0. The Balaban J connectivity index is 1.88. The maximum atomic E-state index is 11.8. The molecule has 3 N–H and O–H groups in total. The molecule has 0 saturated heterocycles. The van der Waals surface area contributed by atoms with Crippen LogP contribution in [0.25, 0.3) is 0 Å². The summed E-state index contributed by atoms with van der Waals surface area (Å²) in [5.41, 5.74) is 0.445. The number of carbonyl (C=O) groups excluding carboxylic acids is 1. The summed E-state index contributed by atoms with van der Waals surface area (Å²) in [6.45, 7) is 0.496. The minimum Gasteiger partial charge on any atom is -0.508 e. The van der Waals surface area contributed by atoms with Gasteiger partial charge in [-0.05, 0) is 31.0 Å². The Hall–Kier alpha value is -1.55. The predicted molar refractivity (Wildman–Crippen MR) is 68.4 cm³/mol. The minimum absolute atomic E-state index is 0.0837. The Labute approximate surface area is 107 Å². The molecule has 2 rings (SSSR count). The zero-order chi connectivity index (χ0) is 13.0. The van der Waals surface area contributed by atoms with Crippen LogP contribution in [0.15, 0.2) is 24.3 Å². The van der Waals surface area contributed by atoms with Gasteiger partial charge in [-0.1, -0.05) is 18.9 Å². The van der Waals surface area contributed by atoms with Gasteiger partial charge in [0.2, 0.25) is 0 Å². The van der Waals surface area contributed by atoms with Crippen LogP contribution >= 0.6 is 0 Å². The molecule has 1 aliphatic rings. The third-order valence-electron chi connectivity index (χ3n) is 3.50. The molecule has 18 heavy (non-hydrogen) atoms. The maximum Gasteiger partial charge on any atom is 0.251 e. The summed E-state index contributed by atoms with van der Waals surface area (Å²) in [4.78, 5) is 11.8. The number of aliphatic hydroxyl groups excluding tert-OH is 1. The van der Waals surface area contributed by atoms with Gasteiger partial charge in [-0.3, -0.25) is 4.79 Å². The largest absolute Gasteiger partial charge is 0.508 e. The summed E-state index contributed by atoms with van der Waals surface area (Å²) in [6.07, 6.45) is 3.67. The van der Waals surface area contributed by atoms with E-state index in [-0.39, 0.29) is 23.7 Å². The lowest BCUT2D eigenvalue weighted by atomic mass is 9.86. The normalized spacial score (nSPS) is 23.6. The van der Waals surface area contributed by atoms with Crippen LogP contribution in [0.5, 0.6) is 5.75 Å². The smallest absolute Gasteiger partial charge is 0.251 e. The number of amides is 1. The van der Waals surface area contributed by atoms with E-state index >= 15 is 0 Å². The number of aromatic hydroxyl groups is 1. The molecular formula is C14H19NO3. The van der Waals surface area contributed by atoms with Crippen LogP contribution in [0.1, 0.15) is 36.0 Å². The molecule has 4 nitrogen and oxygen atoms in total. The van der Waals surface area contributed by atoms with Gasteiger partial charge in [-0.2, -0.15) is 0 Å². The summed E-state index contributed by atoms with van der Waals surface area (Å²) in [5, 5.41) is 21.9. The van der Waals surface area contributed by atoms with Crippen LogP contribution < -0.4 is 5.32 Å². The van der Waals surface area contributed by atoms with E-state index in [0.717, 1.165) is 25.7 Å². The molecule has 1 saturated carbocycles. The number of aliphatic hydroxyl groups is 1. The standard InChI is InChI=1S/C14H19NO3/c16-12-6-3-5-10(8-12)14(18)15-9-11-4-1-2-7-13(11)17/h3,5-6,8,11,13,16-17H,1-2,4,7,9H2,(H,15,18). The van der Waals surface area contributed by atoms with Gasteiger partial charge in [0, 0.05) is 18.0 Å². The molecular weight excluding hydrogens is 230 g/mol. The second-order valence-electron chi connectivity index (χ2n) is 4.87. The van der Waals surface area contributed by atoms with Crippen molar-refractivity contribution in [3.8, 4) is 5.75 Å². The first kappa shape index (κ1) is 12.9. The van der Waals surface area contributed by atoms with E-state index in [1.165, 1.54) is 12.1 Å². The predicted octanol–water partition coefficient (Wildman–Crippen LogP) is 1.67. The van der Waals surface area contributed by atoms with Crippen LogP contribution in [0, 0.1) is 5.92 Å². The summed E-state index contributed by atoms with van der Waals surface area (Å²) in [5.74, 6) is 0.0315. The lowest BCUT2D eigenvalue weighted by molar-refractivity contribution is 0.0663. The van der Waals surface area contributed by atoms with Crippen molar-refractivity contribution in [2.45, 2.75) is 31.8 Å². The number of hydrogen-bond acceptors (Lipinski definition) is 3. The zero-order valence-electron chi connectivity index (χ0n) is 10.3. The first-order valence-corrected chi connectivity index (χ1v) is 6.42. The summed E-state index contributed by atoms with van der Waals surface area (Å²) in [7, 11) is 0. The quantitative estimate of drug-likeness (QED) is 0.763. The molecule has 98 valence electrons. The molecule has 1 aromatic carbocycles. The van der Waals surface area contributed by atoms with Gasteiger partial charge in [0.1, 0.15) is 5.75 Å². The molecule has 1 aromatic rings. The Bertz CT molecular complexity index is 419. The van der Waals surface area contributed by atoms with Crippen molar-refractivity contribution in [2.24, 2.45) is 5.92 Å². The van der Waals surface area contributed by atoms with E-state index in [2.05, 4.69) is 5.32 Å². The topological polar surface area (TPSA) is 69.6 Å². The van der Waals surface area contributed by atoms with Crippen LogP contribution in [0.2, 0.25) is 0 Å². The van der Waals surface area contributed by atoms with E-state index < -0.39 is 0 Å². The van der Waals surface area contributed by atoms with Crippen molar-refractivity contribution in [3.63, 3.8) is 0 Å². The van der Waals surface area contributed by atoms with Crippen molar-refractivity contribution >= 4 is 5.91 Å². The average Bonchev–Trinajstić information content (AvgIpc) is 2.37. The number of nitrogens with one attached hydrogen (secondary N) is 1. The van der Waals surface area contributed by atoms with Gasteiger partial charge in [0.15, 0.2) is 0 Å². The monoisotopic (exact) mass is 249 g/mol. The van der Waals surface area contributed by atoms with E-state index in [0.29, 0.717) is 12.1 Å². The Morgan fingerprint density at radius 3 is 2.83 bits per heavy atom.